The minimum Gasteiger partial charge on any atom is -0.320 e. The Morgan fingerprint density at radius 3 is 2.45 bits per heavy atom. The van der Waals surface area contributed by atoms with Crippen LogP contribution in [-0.4, -0.2) is 33.6 Å². The van der Waals surface area contributed by atoms with E-state index in [1.54, 1.807) is 29.2 Å². The number of rotatable bonds is 5. The number of nitrogens with one attached hydrogen (secondary N) is 2. The monoisotopic (exact) mass is 455 g/mol. The Balaban J connectivity index is 1.42. The summed E-state index contributed by atoms with van der Waals surface area (Å²) >= 11 is 7.09. The Hall–Kier alpha value is -2.97. The Morgan fingerprint density at radius 2 is 1.74 bits per heavy atom. The Bertz CT molecular complexity index is 1070. The van der Waals surface area contributed by atoms with Crippen molar-refractivity contribution in [3.63, 3.8) is 0 Å². The maximum absolute atomic E-state index is 12.8. The van der Waals surface area contributed by atoms with Crippen LogP contribution in [0.15, 0.2) is 48.5 Å². The molecule has 7 nitrogen and oxygen atoms in total. The summed E-state index contributed by atoms with van der Waals surface area (Å²) in [5, 5.41) is 15.5. The molecule has 3 amide bonds. The molecule has 1 atom stereocenters. The van der Waals surface area contributed by atoms with Gasteiger partial charge in [0.1, 0.15) is 5.01 Å². The Labute approximate surface area is 189 Å². The van der Waals surface area contributed by atoms with Crippen LogP contribution < -0.4 is 10.6 Å². The van der Waals surface area contributed by atoms with Gasteiger partial charge in [-0.1, -0.05) is 42.0 Å². The summed E-state index contributed by atoms with van der Waals surface area (Å²) in [4.78, 5) is 27.1. The molecule has 1 aromatic heterocycles. The van der Waals surface area contributed by atoms with Crippen LogP contribution in [0.5, 0.6) is 0 Å². The normalized spacial score (nSPS) is 15.7. The van der Waals surface area contributed by atoms with Crippen molar-refractivity contribution >= 4 is 46.3 Å². The van der Waals surface area contributed by atoms with E-state index in [-0.39, 0.29) is 23.0 Å². The van der Waals surface area contributed by atoms with Crippen LogP contribution in [-0.2, 0) is 6.42 Å². The molecule has 2 N–H and O–H groups in total. The molecule has 0 aliphatic carbocycles. The van der Waals surface area contributed by atoms with E-state index < -0.39 is 0 Å². The second-order valence-electron chi connectivity index (χ2n) is 7.24. The van der Waals surface area contributed by atoms with Crippen LogP contribution >= 0.6 is 22.9 Å². The molecule has 1 aliphatic heterocycles. The summed E-state index contributed by atoms with van der Waals surface area (Å²) in [5.74, 6) is -0.337. The minimum absolute atomic E-state index is 0.172. The van der Waals surface area contributed by atoms with Gasteiger partial charge in [-0.25, -0.2) is 4.79 Å². The van der Waals surface area contributed by atoms with Gasteiger partial charge in [0, 0.05) is 22.9 Å². The largest absolute Gasteiger partial charge is 0.322 e. The fourth-order valence-electron chi connectivity index (χ4n) is 3.46. The first-order valence-corrected chi connectivity index (χ1v) is 11.3. The average molecular weight is 456 g/mol. The number of aromatic nitrogens is 2. The summed E-state index contributed by atoms with van der Waals surface area (Å²) in [5.41, 5.74) is 2.60. The van der Waals surface area contributed by atoms with Crippen LogP contribution in [0.1, 0.15) is 46.2 Å². The molecule has 0 spiro atoms. The van der Waals surface area contributed by atoms with Crippen molar-refractivity contribution < 1.29 is 9.59 Å². The smallest absolute Gasteiger partial charge is 0.320 e. The molecular weight excluding hydrogens is 434 g/mol. The van der Waals surface area contributed by atoms with E-state index in [1.807, 2.05) is 24.3 Å². The third-order valence-electron chi connectivity index (χ3n) is 5.15. The number of halogens is 1. The third-order valence-corrected chi connectivity index (χ3v) is 6.42. The molecule has 1 saturated heterocycles. The first-order chi connectivity index (χ1) is 15.0. The maximum atomic E-state index is 12.8. The van der Waals surface area contributed by atoms with Crippen molar-refractivity contribution in [1.82, 2.24) is 15.1 Å². The number of hydrogen-bond donors (Lipinski definition) is 2. The van der Waals surface area contributed by atoms with Crippen molar-refractivity contribution in [1.29, 1.82) is 0 Å². The van der Waals surface area contributed by atoms with Crippen LogP contribution in [0, 0.1) is 0 Å². The third kappa shape index (κ3) is 5.03. The summed E-state index contributed by atoms with van der Waals surface area (Å²) in [7, 11) is 0. The number of carbonyl (C=O) groups excluding carboxylic acids is 2. The van der Waals surface area contributed by atoms with Gasteiger partial charge in [-0.3, -0.25) is 4.79 Å². The SMILES string of the molecule is CCc1ccc(NC(=O)N2CCC[C@H]2c2nnc(C(=O)Nc3ccc(Cl)cc3)s2)cc1. The average Bonchev–Trinajstić information content (AvgIpc) is 3.45. The lowest BCUT2D eigenvalue weighted by Crippen LogP contribution is -2.34. The lowest BCUT2D eigenvalue weighted by atomic mass is 10.1. The van der Waals surface area contributed by atoms with Crippen molar-refractivity contribution in [2.75, 3.05) is 17.2 Å². The van der Waals surface area contributed by atoms with Gasteiger partial charge in [0.25, 0.3) is 5.91 Å². The number of benzene rings is 2. The number of urea groups is 1. The highest BCUT2D eigenvalue weighted by Gasteiger charge is 2.33. The number of aryl methyl sites for hydroxylation is 1. The lowest BCUT2D eigenvalue weighted by molar-refractivity contribution is 0.102. The zero-order valence-electron chi connectivity index (χ0n) is 17.0. The molecule has 1 fully saturated rings. The molecule has 160 valence electrons. The van der Waals surface area contributed by atoms with Gasteiger partial charge in [-0.2, -0.15) is 0 Å². The Kier molecular flexibility index (Phi) is 6.48. The predicted molar refractivity (Wildman–Crippen MR) is 123 cm³/mol. The standard InChI is InChI=1S/C22H22ClN5O2S/c1-2-14-5-9-17(10-6-14)25-22(30)28-13-3-4-18(28)20-26-27-21(31-20)19(29)24-16-11-7-15(23)8-12-16/h5-12,18H,2-4,13H2,1H3,(H,24,29)(H,25,30)/t18-/m0/s1. The van der Waals surface area contributed by atoms with E-state index in [0.29, 0.717) is 22.3 Å². The maximum Gasteiger partial charge on any atom is 0.322 e. The summed E-state index contributed by atoms with van der Waals surface area (Å²) < 4.78 is 0. The minimum atomic E-state index is -0.337. The van der Waals surface area contributed by atoms with Gasteiger partial charge < -0.3 is 15.5 Å². The van der Waals surface area contributed by atoms with Gasteiger partial charge in [-0.15, -0.1) is 10.2 Å². The number of hydrogen-bond acceptors (Lipinski definition) is 5. The van der Waals surface area contributed by atoms with Gasteiger partial charge in [-0.05, 0) is 61.2 Å². The highest BCUT2D eigenvalue weighted by atomic mass is 35.5. The number of carbonyl (C=O) groups is 2. The summed E-state index contributed by atoms with van der Waals surface area (Å²) in [6, 6.07) is 14.3. The Morgan fingerprint density at radius 1 is 1.06 bits per heavy atom. The zero-order valence-corrected chi connectivity index (χ0v) is 18.5. The molecule has 9 heteroatoms. The van der Waals surface area contributed by atoms with Crippen molar-refractivity contribution in [3.05, 3.63) is 69.1 Å². The van der Waals surface area contributed by atoms with Gasteiger partial charge in [0.2, 0.25) is 5.01 Å². The second kappa shape index (κ2) is 9.45. The molecule has 3 aromatic rings. The fraction of sp³-hybridized carbons (Fsp3) is 0.273. The van der Waals surface area contributed by atoms with Crippen LogP contribution in [0.25, 0.3) is 0 Å². The molecule has 4 rings (SSSR count). The molecule has 0 radical (unpaired) electrons. The van der Waals surface area contributed by atoms with Crippen LogP contribution in [0.2, 0.25) is 5.02 Å². The van der Waals surface area contributed by atoms with E-state index in [2.05, 4.69) is 27.8 Å². The molecule has 1 aliphatic rings. The van der Waals surface area contributed by atoms with Crippen LogP contribution in [0.4, 0.5) is 16.2 Å². The zero-order chi connectivity index (χ0) is 21.8. The van der Waals surface area contributed by atoms with Crippen molar-refractivity contribution in [2.24, 2.45) is 0 Å². The number of anilines is 2. The topological polar surface area (TPSA) is 87.2 Å². The molecule has 2 aromatic carbocycles. The highest BCUT2D eigenvalue weighted by Crippen LogP contribution is 2.34. The number of nitrogens with zero attached hydrogens (tertiary/aromatic N) is 3. The van der Waals surface area contributed by atoms with Gasteiger partial charge in [0.15, 0.2) is 0 Å². The molecule has 0 saturated carbocycles. The fourth-order valence-corrected chi connectivity index (χ4v) is 4.48. The van der Waals surface area contributed by atoms with Crippen LogP contribution in [0.3, 0.4) is 0 Å². The van der Waals surface area contributed by atoms with Gasteiger partial charge >= 0.3 is 6.03 Å². The van der Waals surface area contributed by atoms with E-state index in [0.717, 1.165) is 24.9 Å². The first-order valence-electron chi connectivity index (χ1n) is 10.1. The van der Waals surface area contributed by atoms with Crippen molar-refractivity contribution in [2.45, 2.75) is 32.2 Å². The van der Waals surface area contributed by atoms with E-state index in [4.69, 9.17) is 11.6 Å². The van der Waals surface area contributed by atoms with E-state index in [1.165, 1.54) is 16.9 Å². The molecule has 2 heterocycles. The number of likely N-dealkylation sites (tertiary alicyclic amines) is 1. The lowest BCUT2D eigenvalue weighted by Gasteiger charge is -2.23. The predicted octanol–water partition coefficient (Wildman–Crippen LogP) is 5.38. The summed E-state index contributed by atoms with van der Waals surface area (Å²) in [6.45, 7) is 2.73. The molecule has 0 bridgehead atoms. The number of amides is 3. The molecular formula is C22H22ClN5O2S. The molecule has 0 unspecified atom stereocenters. The van der Waals surface area contributed by atoms with Crippen molar-refractivity contribution in [3.8, 4) is 0 Å². The van der Waals surface area contributed by atoms with Gasteiger partial charge in [0.05, 0.1) is 6.04 Å². The quantitative estimate of drug-likeness (QED) is 0.541. The first kappa shape index (κ1) is 21.3. The van der Waals surface area contributed by atoms with E-state index in [9.17, 15) is 9.59 Å². The molecule has 31 heavy (non-hydrogen) atoms. The van der Waals surface area contributed by atoms with E-state index >= 15 is 0 Å². The highest BCUT2D eigenvalue weighted by molar-refractivity contribution is 7.13. The summed E-state index contributed by atoms with van der Waals surface area (Å²) in [6.07, 6.45) is 2.61. The second-order valence-corrected chi connectivity index (χ2v) is 8.68.